The van der Waals surface area contributed by atoms with Gasteiger partial charge in [-0.05, 0) is 38.1 Å². The van der Waals surface area contributed by atoms with Gasteiger partial charge in [0.05, 0.1) is 52.0 Å². The molecule has 29 heavy (non-hydrogen) atoms. The topological polar surface area (TPSA) is 105 Å². The van der Waals surface area contributed by atoms with Crippen LogP contribution in [0.1, 0.15) is 25.5 Å². The molecule has 7 nitrogen and oxygen atoms in total. The van der Waals surface area contributed by atoms with Crippen molar-refractivity contribution >= 4 is 16.8 Å². The molecule has 0 bridgehead atoms. The number of carbonyl (C=O) groups is 1. The van der Waals surface area contributed by atoms with Crippen LogP contribution in [0.2, 0.25) is 0 Å². The lowest BCUT2D eigenvalue weighted by Crippen LogP contribution is -2.32. The Hall–Kier alpha value is -3.31. The number of hydrogen-bond donors (Lipinski definition) is 1. The van der Waals surface area contributed by atoms with Crippen molar-refractivity contribution in [2.24, 2.45) is 0 Å². The zero-order valence-electron chi connectivity index (χ0n) is 16.1. The van der Waals surface area contributed by atoms with E-state index in [9.17, 15) is 14.3 Å². The predicted molar refractivity (Wildman–Crippen MR) is 108 cm³/mol. The number of dihydropyridines is 1. The zero-order chi connectivity index (χ0) is 20.8. The van der Waals surface area contributed by atoms with Gasteiger partial charge in [0.25, 0.3) is 0 Å². The molecule has 0 saturated heterocycles. The molecule has 0 fully saturated rings. The summed E-state index contributed by atoms with van der Waals surface area (Å²) in [6, 6.07) is 10.8. The second-order valence-corrected chi connectivity index (χ2v) is 7.70. The van der Waals surface area contributed by atoms with Crippen molar-refractivity contribution < 1.29 is 13.7 Å². The third-order valence-corrected chi connectivity index (χ3v) is 5.78. The van der Waals surface area contributed by atoms with Gasteiger partial charge < -0.3 is 10.1 Å². The maximum Gasteiger partial charge on any atom is 0.336 e. The number of pyridine rings is 2. The van der Waals surface area contributed by atoms with Gasteiger partial charge in [-0.1, -0.05) is 6.07 Å². The quantitative estimate of drug-likeness (QED) is 0.733. The fourth-order valence-electron chi connectivity index (χ4n) is 3.16. The molecule has 1 aliphatic rings. The van der Waals surface area contributed by atoms with Gasteiger partial charge in [0, 0.05) is 34.9 Å². The Kier molecular flexibility index (Phi) is 6.52. The molecule has 2 unspecified atom stereocenters. The van der Waals surface area contributed by atoms with E-state index in [0.29, 0.717) is 27.6 Å². The molecule has 1 aliphatic heterocycles. The molecule has 3 heterocycles. The van der Waals surface area contributed by atoms with Gasteiger partial charge in [-0.2, -0.15) is 5.26 Å². The van der Waals surface area contributed by atoms with Crippen LogP contribution in [0.5, 0.6) is 0 Å². The van der Waals surface area contributed by atoms with Crippen LogP contribution in [0.4, 0.5) is 0 Å². The minimum atomic E-state index is -1.42. The average Bonchev–Trinajstić information content (AvgIpc) is 2.74. The van der Waals surface area contributed by atoms with E-state index in [-0.39, 0.29) is 17.9 Å². The van der Waals surface area contributed by atoms with Crippen molar-refractivity contribution in [2.45, 2.75) is 24.7 Å². The fraction of sp³-hybridized carbons (Fsp3) is 0.238. The van der Waals surface area contributed by atoms with E-state index in [2.05, 4.69) is 21.4 Å². The van der Waals surface area contributed by atoms with E-state index in [0.717, 1.165) is 0 Å². The first-order valence-corrected chi connectivity index (χ1v) is 10.4. The first-order chi connectivity index (χ1) is 14.1. The maximum atomic E-state index is 12.9. The van der Waals surface area contributed by atoms with Gasteiger partial charge in [0.15, 0.2) is 0 Å². The number of allylic oxidation sites excluding steroid dienone is 2. The monoisotopic (exact) mass is 408 g/mol. The van der Waals surface area contributed by atoms with Gasteiger partial charge in [0.1, 0.15) is 0 Å². The molecule has 0 spiro atoms. The molecular formula is C21H20N4O3S. The summed E-state index contributed by atoms with van der Waals surface area (Å²) in [5.41, 5.74) is 2.25. The average molecular weight is 408 g/mol. The molecule has 1 N–H and O–H groups in total. The van der Waals surface area contributed by atoms with Crippen molar-refractivity contribution in [2.75, 3.05) is 12.4 Å². The van der Waals surface area contributed by atoms with Crippen LogP contribution in [0.3, 0.4) is 0 Å². The largest absolute Gasteiger partial charge is 0.463 e. The Morgan fingerprint density at radius 3 is 2.66 bits per heavy atom. The normalized spacial score (nSPS) is 17.3. The number of nitrogens with one attached hydrogen (secondary N) is 1. The summed E-state index contributed by atoms with van der Waals surface area (Å²) in [5, 5.41) is 12.9. The number of carbonyl (C=O) groups excluding carboxylic acids is 1. The van der Waals surface area contributed by atoms with Crippen molar-refractivity contribution in [3.8, 4) is 6.07 Å². The Balaban J connectivity index is 2.11. The molecule has 2 aromatic heterocycles. The van der Waals surface area contributed by atoms with Gasteiger partial charge in [0.2, 0.25) is 0 Å². The molecule has 3 rings (SSSR count). The SMILES string of the molecule is CCOC(=O)C1=C(CS(=O)c2ccncc2)NC(C)=C(C#N)C1c1ccccn1. The number of nitrogens with zero attached hydrogens (tertiary/aromatic N) is 3. The van der Waals surface area contributed by atoms with E-state index in [1.165, 1.54) is 0 Å². The first-order valence-electron chi connectivity index (χ1n) is 9.04. The molecule has 8 heteroatoms. The van der Waals surface area contributed by atoms with Crippen molar-refractivity contribution in [3.63, 3.8) is 0 Å². The third kappa shape index (κ3) is 4.41. The van der Waals surface area contributed by atoms with Crippen LogP contribution in [0.25, 0.3) is 0 Å². The van der Waals surface area contributed by atoms with Crippen LogP contribution < -0.4 is 5.32 Å². The van der Waals surface area contributed by atoms with Gasteiger partial charge in [-0.3, -0.25) is 14.2 Å². The highest BCUT2D eigenvalue weighted by atomic mass is 32.2. The Labute approximate surface area is 171 Å². The molecule has 0 saturated carbocycles. The highest BCUT2D eigenvalue weighted by Crippen LogP contribution is 2.37. The highest BCUT2D eigenvalue weighted by Gasteiger charge is 2.36. The maximum absolute atomic E-state index is 12.9. The lowest BCUT2D eigenvalue weighted by atomic mass is 9.83. The molecule has 2 aromatic rings. The highest BCUT2D eigenvalue weighted by molar-refractivity contribution is 7.85. The van der Waals surface area contributed by atoms with Gasteiger partial charge in [-0.15, -0.1) is 0 Å². The molecule has 148 valence electrons. The lowest BCUT2D eigenvalue weighted by Gasteiger charge is -2.29. The lowest BCUT2D eigenvalue weighted by molar-refractivity contribution is -0.138. The van der Waals surface area contributed by atoms with E-state index in [1.807, 2.05) is 0 Å². The minimum Gasteiger partial charge on any atom is -0.463 e. The second-order valence-electron chi connectivity index (χ2n) is 6.25. The molecule has 0 aromatic carbocycles. The van der Waals surface area contributed by atoms with Gasteiger partial charge in [-0.25, -0.2) is 4.79 Å². The summed E-state index contributed by atoms with van der Waals surface area (Å²) in [6.45, 7) is 3.65. The summed E-state index contributed by atoms with van der Waals surface area (Å²) >= 11 is 0. The van der Waals surface area contributed by atoms with Crippen LogP contribution in [0.15, 0.2) is 76.4 Å². The van der Waals surface area contributed by atoms with E-state index in [4.69, 9.17) is 4.74 Å². The molecular weight excluding hydrogens is 388 g/mol. The Bertz CT molecular complexity index is 1030. The third-order valence-electron chi connectivity index (χ3n) is 4.43. The number of ether oxygens (including phenoxy) is 1. The van der Waals surface area contributed by atoms with Crippen LogP contribution in [-0.4, -0.2) is 32.5 Å². The Morgan fingerprint density at radius 1 is 1.28 bits per heavy atom. The number of nitriles is 1. The summed E-state index contributed by atoms with van der Waals surface area (Å²) in [6.07, 6.45) is 4.74. The molecule has 0 radical (unpaired) electrons. The minimum absolute atomic E-state index is 0.0670. The van der Waals surface area contributed by atoms with Crippen LogP contribution in [-0.2, 0) is 20.3 Å². The number of esters is 1. The summed E-state index contributed by atoms with van der Waals surface area (Å²) in [4.78, 5) is 21.8. The van der Waals surface area contributed by atoms with Crippen molar-refractivity contribution in [1.29, 1.82) is 5.26 Å². The number of rotatable bonds is 6. The van der Waals surface area contributed by atoms with Crippen LogP contribution >= 0.6 is 0 Å². The number of aromatic nitrogens is 2. The summed E-state index contributed by atoms with van der Waals surface area (Å²) in [5.74, 6) is -1.18. The number of hydrogen-bond acceptors (Lipinski definition) is 7. The smallest absolute Gasteiger partial charge is 0.336 e. The first kappa shape index (κ1) is 20.4. The predicted octanol–water partition coefficient (Wildman–Crippen LogP) is 2.59. The fourth-order valence-corrected chi connectivity index (χ4v) is 4.24. The van der Waals surface area contributed by atoms with E-state index >= 15 is 0 Å². The van der Waals surface area contributed by atoms with Crippen molar-refractivity contribution in [3.05, 3.63) is 77.2 Å². The zero-order valence-corrected chi connectivity index (χ0v) is 16.9. The summed E-state index contributed by atoms with van der Waals surface area (Å²) in [7, 11) is -1.42. The molecule has 0 aliphatic carbocycles. The van der Waals surface area contributed by atoms with Crippen molar-refractivity contribution in [1.82, 2.24) is 15.3 Å². The Morgan fingerprint density at radius 2 is 2.03 bits per heavy atom. The van der Waals surface area contributed by atoms with Gasteiger partial charge >= 0.3 is 5.97 Å². The van der Waals surface area contributed by atoms with Crippen LogP contribution in [0, 0.1) is 11.3 Å². The summed E-state index contributed by atoms with van der Waals surface area (Å²) < 4.78 is 18.2. The molecule has 2 atom stereocenters. The molecule has 0 amide bonds. The van der Waals surface area contributed by atoms with E-state index < -0.39 is 22.7 Å². The standard InChI is InChI=1S/C21H20N4O3S/c1-3-28-21(26)20-18(13-29(27)15-7-10-23-11-8-15)25-14(2)16(12-22)19(20)17-6-4-5-9-24-17/h4-11,19,25H,3,13H2,1-2H3. The second kappa shape index (κ2) is 9.26. The van der Waals surface area contributed by atoms with E-state index in [1.54, 1.807) is 62.8 Å².